The van der Waals surface area contributed by atoms with Crippen molar-refractivity contribution in [3.8, 4) is 0 Å². The maximum Gasteiger partial charge on any atom is 0.261 e. The first-order valence-corrected chi connectivity index (χ1v) is 4.21. The molecule has 74 valence electrons. The largest absolute Gasteiger partial charge is 0.369 e. The number of nitrogens with two attached hydrogens (primary N) is 1. The number of amides is 2. The van der Waals surface area contributed by atoms with Gasteiger partial charge in [0.15, 0.2) is 0 Å². The van der Waals surface area contributed by atoms with Crippen molar-refractivity contribution in [2.75, 3.05) is 13.2 Å². The Labute approximate surface area is 76.8 Å². The van der Waals surface area contributed by atoms with Crippen molar-refractivity contribution in [3.63, 3.8) is 0 Å². The van der Waals surface area contributed by atoms with Crippen LogP contribution in [0.1, 0.15) is 20.3 Å². The van der Waals surface area contributed by atoms with Crippen LogP contribution in [0, 0.1) is 5.41 Å². The summed E-state index contributed by atoms with van der Waals surface area (Å²) in [5, 5.41) is 1.21. The van der Waals surface area contributed by atoms with E-state index in [4.69, 9.17) is 10.6 Å². The highest BCUT2D eigenvalue weighted by Crippen LogP contribution is 2.20. The number of primary amides is 1. The highest BCUT2D eigenvalue weighted by Gasteiger charge is 2.39. The first-order valence-electron chi connectivity index (χ1n) is 4.21. The normalized spacial score (nSPS) is 17.5. The lowest BCUT2D eigenvalue weighted by atomic mass is 9.91. The quantitative estimate of drug-likeness (QED) is 0.600. The Bertz CT molecular complexity index is 232. The van der Waals surface area contributed by atoms with Crippen LogP contribution in [0.25, 0.3) is 0 Å². The van der Waals surface area contributed by atoms with Gasteiger partial charge in [-0.25, -0.2) is 5.06 Å². The standard InChI is InChI=1S/C8H14N2O3/c1-8(2,6(9)11)7(12)10-4-3-5-13-10/h3-5H2,1-2H3,(H2,9,11). The van der Waals surface area contributed by atoms with E-state index in [2.05, 4.69) is 0 Å². The second-order valence-electron chi connectivity index (χ2n) is 3.58. The molecule has 1 rings (SSSR count). The van der Waals surface area contributed by atoms with Crippen LogP contribution in [0.15, 0.2) is 0 Å². The van der Waals surface area contributed by atoms with Crippen molar-refractivity contribution in [3.05, 3.63) is 0 Å². The van der Waals surface area contributed by atoms with Gasteiger partial charge in [0.25, 0.3) is 5.91 Å². The molecule has 5 heteroatoms. The van der Waals surface area contributed by atoms with Gasteiger partial charge in [-0.1, -0.05) is 0 Å². The van der Waals surface area contributed by atoms with Crippen molar-refractivity contribution in [2.24, 2.45) is 11.1 Å². The number of carbonyl (C=O) groups is 2. The molecule has 0 bridgehead atoms. The third-order valence-corrected chi connectivity index (χ3v) is 2.13. The van der Waals surface area contributed by atoms with E-state index in [-0.39, 0.29) is 5.91 Å². The Morgan fingerprint density at radius 2 is 2.08 bits per heavy atom. The third-order valence-electron chi connectivity index (χ3n) is 2.13. The first-order chi connectivity index (χ1) is 5.96. The number of rotatable bonds is 2. The molecule has 2 amide bonds. The molecule has 0 atom stereocenters. The monoisotopic (exact) mass is 186 g/mol. The van der Waals surface area contributed by atoms with Gasteiger partial charge in [-0.15, -0.1) is 0 Å². The maximum atomic E-state index is 11.6. The summed E-state index contributed by atoms with van der Waals surface area (Å²) < 4.78 is 0. The molecule has 0 aromatic heterocycles. The van der Waals surface area contributed by atoms with Crippen molar-refractivity contribution in [2.45, 2.75) is 20.3 Å². The lowest BCUT2D eigenvalue weighted by molar-refractivity contribution is -0.179. The van der Waals surface area contributed by atoms with Crippen LogP contribution >= 0.6 is 0 Å². The summed E-state index contributed by atoms with van der Waals surface area (Å²) in [4.78, 5) is 27.6. The van der Waals surface area contributed by atoms with E-state index in [0.29, 0.717) is 13.2 Å². The molecule has 1 aliphatic rings. The van der Waals surface area contributed by atoms with Gasteiger partial charge in [0.2, 0.25) is 5.91 Å². The fraction of sp³-hybridized carbons (Fsp3) is 0.750. The molecule has 5 nitrogen and oxygen atoms in total. The van der Waals surface area contributed by atoms with E-state index in [1.54, 1.807) is 0 Å². The Balaban J connectivity index is 2.70. The summed E-state index contributed by atoms with van der Waals surface area (Å²) in [5.41, 5.74) is 3.92. The fourth-order valence-corrected chi connectivity index (χ4v) is 1.02. The minimum atomic E-state index is -1.18. The number of hydrogen-bond acceptors (Lipinski definition) is 3. The van der Waals surface area contributed by atoms with Crippen LogP contribution in [-0.2, 0) is 14.4 Å². The molecule has 1 fully saturated rings. The highest BCUT2D eigenvalue weighted by atomic mass is 16.7. The average molecular weight is 186 g/mol. The lowest BCUT2D eigenvalue weighted by Crippen LogP contribution is -2.46. The zero-order chi connectivity index (χ0) is 10.1. The molecule has 1 heterocycles. The number of carbonyl (C=O) groups excluding carboxylic acids is 2. The van der Waals surface area contributed by atoms with Gasteiger partial charge >= 0.3 is 0 Å². The predicted molar refractivity (Wildman–Crippen MR) is 45.3 cm³/mol. The summed E-state index contributed by atoms with van der Waals surface area (Å²) in [6.07, 6.45) is 0.806. The molecule has 0 aliphatic carbocycles. The van der Waals surface area contributed by atoms with E-state index in [9.17, 15) is 9.59 Å². The van der Waals surface area contributed by atoms with Gasteiger partial charge in [-0.2, -0.15) is 0 Å². The van der Waals surface area contributed by atoms with E-state index in [0.717, 1.165) is 6.42 Å². The molecule has 1 aliphatic heterocycles. The highest BCUT2D eigenvalue weighted by molar-refractivity contribution is 6.03. The Hall–Kier alpha value is -1.10. The zero-order valence-corrected chi connectivity index (χ0v) is 7.87. The Morgan fingerprint density at radius 1 is 1.46 bits per heavy atom. The maximum absolute atomic E-state index is 11.6. The Kier molecular flexibility index (Phi) is 2.56. The minimum absolute atomic E-state index is 0.363. The molecule has 0 unspecified atom stereocenters. The van der Waals surface area contributed by atoms with E-state index < -0.39 is 11.3 Å². The number of hydroxylamine groups is 2. The molecule has 0 aromatic rings. The molecule has 13 heavy (non-hydrogen) atoms. The smallest absolute Gasteiger partial charge is 0.261 e. The second kappa shape index (κ2) is 3.33. The van der Waals surface area contributed by atoms with E-state index >= 15 is 0 Å². The van der Waals surface area contributed by atoms with Crippen LogP contribution in [0.5, 0.6) is 0 Å². The molecule has 0 spiro atoms. The lowest BCUT2D eigenvalue weighted by Gasteiger charge is -2.24. The van der Waals surface area contributed by atoms with Gasteiger partial charge in [0.1, 0.15) is 5.41 Å². The molecule has 0 aromatic carbocycles. The van der Waals surface area contributed by atoms with Crippen LogP contribution in [-0.4, -0.2) is 30.0 Å². The molecular formula is C8H14N2O3. The number of hydrogen-bond donors (Lipinski definition) is 1. The van der Waals surface area contributed by atoms with Crippen LogP contribution < -0.4 is 5.73 Å². The van der Waals surface area contributed by atoms with Crippen molar-refractivity contribution < 1.29 is 14.4 Å². The SMILES string of the molecule is CC(C)(C(N)=O)C(=O)N1CCCO1. The van der Waals surface area contributed by atoms with Gasteiger partial charge in [-0.05, 0) is 20.3 Å². The first kappa shape index (κ1) is 9.98. The molecule has 2 N–H and O–H groups in total. The van der Waals surface area contributed by atoms with Gasteiger partial charge in [-0.3, -0.25) is 14.4 Å². The van der Waals surface area contributed by atoms with E-state index in [1.165, 1.54) is 18.9 Å². The van der Waals surface area contributed by atoms with Gasteiger partial charge in [0.05, 0.1) is 13.2 Å². The average Bonchev–Trinajstić information content (AvgIpc) is 2.54. The minimum Gasteiger partial charge on any atom is -0.369 e. The number of nitrogens with zero attached hydrogens (tertiary/aromatic N) is 1. The Morgan fingerprint density at radius 3 is 2.46 bits per heavy atom. The van der Waals surface area contributed by atoms with Crippen LogP contribution in [0.4, 0.5) is 0 Å². The molecule has 0 radical (unpaired) electrons. The van der Waals surface area contributed by atoms with Gasteiger partial charge in [0, 0.05) is 0 Å². The van der Waals surface area contributed by atoms with Crippen molar-refractivity contribution in [1.29, 1.82) is 0 Å². The molecule has 1 saturated heterocycles. The summed E-state index contributed by atoms with van der Waals surface area (Å²) in [6.45, 7) is 4.06. The molecular weight excluding hydrogens is 172 g/mol. The predicted octanol–water partition coefficient (Wildman–Crippen LogP) is -0.338. The summed E-state index contributed by atoms with van der Waals surface area (Å²) in [7, 11) is 0. The summed E-state index contributed by atoms with van der Waals surface area (Å²) in [5.74, 6) is -0.995. The second-order valence-corrected chi connectivity index (χ2v) is 3.58. The zero-order valence-electron chi connectivity index (χ0n) is 7.87. The topological polar surface area (TPSA) is 72.6 Å². The van der Waals surface area contributed by atoms with Crippen molar-refractivity contribution in [1.82, 2.24) is 5.06 Å². The summed E-state index contributed by atoms with van der Waals surface area (Å²) in [6, 6.07) is 0. The fourth-order valence-electron chi connectivity index (χ4n) is 1.02. The van der Waals surface area contributed by atoms with E-state index in [1.807, 2.05) is 0 Å². The molecule has 0 saturated carbocycles. The van der Waals surface area contributed by atoms with Gasteiger partial charge < -0.3 is 5.73 Å². The van der Waals surface area contributed by atoms with Crippen LogP contribution in [0.3, 0.4) is 0 Å². The van der Waals surface area contributed by atoms with Crippen molar-refractivity contribution >= 4 is 11.8 Å². The van der Waals surface area contributed by atoms with Crippen LogP contribution in [0.2, 0.25) is 0 Å². The third kappa shape index (κ3) is 1.80. The summed E-state index contributed by atoms with van der Waals surface area (Å²) >= 11 is 0.